The Hall–Kier alpha value is -2.91. The highest BCUT2D eigenvalue weighted by Gasteiger charge is 2.13. The maximum absolute atomic E-state index is 12.5. The lowest BCUT2D eigenvalue weighted by molar-refractivity contribution is -0.112. The Bertz CT molecular complexity index is 1190. The van der Waals surface area contributed by atoms with E-state index >= 15 is 0 Å². The molecule has 8 heteroatoms. The van der Waals surface area contributed by atoms with Crippen molar-refractivity contribution in [2.24, 2.45) is 0 Å². The first-order chi connectivity index (χ1) is 15.4. The summed E-state index contributed by atoms with van der Waals surface area (Å²) in [6, 6.07) is 21.2. The van der Waals surface area contributed by atoms with Crippen molar-refractivity contribution >= 4 is 68.8 Å². The molecule has 2 N–H and O–H groups in total. The Morgan fingerprint density at radius 1 is 1.03 bits per heavy atom. The van der Waals surface area contributed by atoms with Gasteiger partial charge in [-0.15, -0.1) is 0 Å². The van der Waals surface area contributed by atoms with Crippen molar-refractivity contribution in [3.63, 3.8) is 0 Å². The zero-order valence-corrected chi connectivity index (χ0v) is 20.8. The van der Waals surface area contributed by atoms with Crippen molar-refractivity contribution in [3.05, 3.63) is 96.1 Å². The molecule has 0 spiro atoms. The van der Waals surface area contributed by atoms with Crippen molar-refractivity contribution in [1.29, 1.82) is 5.26 Å². The molecule has 3 aromatic carbocycles. The van der Waals surface area contributed by atoms with E-state index in [1.54, 1.807) is 0 Å². The number of amides is 1. The summed E-state index contributed by atoms with van der Waals surface area (Å²) in [5, 5.41) is 21.0. The van der Waals surface area contributed by atoms with Gasteiger partial charge in [-0.1, -0.05) is 30.3 Å². The van der Waals surface area contributed by atoms with E-state index in [1.807, 2.05) is 48.5 Å². The minimum atomic E-state index is -1.05. The van der Waals surface area contributed by atoms with Crippen LogP contribution in [0.25, 0.3) is 6.08 Å². The maximum Gasteiger partial charge on any atom is 0.335 e. The topological polar surface area (TPSA) is 99.4 Å². The number of benzene rings is 3. The number of hydrogen-bond donors (Lipinski definition) is 2. The van der Waals surface area contributed by atoms with Gasteiger partial charge in [-0.25, -0.2) is 4.79 Å². The van der Waals surface area contributed by atoms with Crippen LogP contribution >= 0.6 is 45.2 Å². The average Bonchev–Trinajstić information content (AvgIpc) is 2.78. The number of carboxylic acid groups (broad SMARTS) is 1. The number of halogens is 2. The van der Waals surface area contributed by atoms with Crippen molar-refractivity contribution in [1.82, 2.24) is 0 Å². The number of nitrogens with one attached hydrogen (secondary N) is 1. The van der Waals surface area contributed by atoms with E-state index in [-0.39, 0.29) is 11.1 Å². The molecule has 6 nitrogen and oxygen atoms in total. The molecule has 3 aromatic rings. The predicted molar refractivity (Wildman–Crippen MR) is 138 cm³/mol. The van der Waals surface area contributed by atoms with Gasteiger partial charge in [-0.2, -0.15) is 5.26 Å². The summed E-state index contributed by atoms with van der Waals surface area (Å²) in [5.41, 5.74) is 2.19. The van der Waals surface area contributed by atoms with Gasteiger partial charge in [0, 0.05) is 5.69 Å². The molecule has 0 saturated heterocycles. The Kier molecular flexibility index (Phi) is 8.24. The van der Waals surface area contributed by atoms with Gasteiger partial charge in [-0.3, -0.25) is 4.79 Å². The summed E-state index contributed by atoms with van der Waals surface area (Å²) >= 11 is 4.33. The fourth-order valence-corrected chi connectivity index (χ4v) is 4.87. The quantitative estimate of drug-likeness (QED) is 0.194. The van der Waals surface area contributed by atoms with Crippen LogP contribution in [0, 0.1) is 18.5 Å². The Balaban J connectivity index is 1.75. The lowest BCUT2D eigenvalue weighted by atomic mass is 10.1. The summed E-state index contributed by atoms with van der Waals surface area (Å²) in [4.78, 5) is 23.5. The summed E-state index contributed by atoms with van der Waals surface area (Å²) < 4.78 is 7.69. The number of rotatable bonds is 7. The fourth-order valence-electron chi connectivity index (χ4n) is 2.74. The number of ether oxygens (including phenoxy) is 1. The Labute approximate surface area is 212 Å². The van der Waals surface area contributed by atoms with Crippen LogP contribution in [-0.2, 0) is 11.4 Å². The van der Waals surface area contributed by atoms with Gasteiger partial charge in [0.15, 0.2) is 0 Å². The molecule has 0 atom stereocenters. The molecule has 0 heterocycles. The molecule has 1 amide bonds. The smallest absolute Gasteiger partial charge is 0.335 e. The number of aromatic carboxylic acids is 1. The number of anilines is 1. The second-order valence-electron chi connectivity index (χ2n) is 6.59. The van der Waals surface area contributed by atoms with Gasteiger partial charge in [0.05, 0.1) is 12.7 Å². The monoisotopic (exact) mass is 650 g/mol. The maximum atomic E-state index is 12.5. The average molecular weight is 650 g/mol. The minimum absolute atomic E-state index is 0.0723. The molecular formula is C24H16I2N2O4. The third kappa shape index (κ3) is 6.30. The van der Waals surface area contributed by atoms with E-state index in [2.05, 4.69) is 50.5 Å². The molecule has 0 fully saturated rings. The van der Waals surface area contributed by atoms with E-state index in [0.717, 1.165) is 18.5 Å². The molecule has 0 bridgehead atoms. The standard InChI is InChI=1S/C24H16I2N2O4/c25-20-11-16(12-21(26)22(20)32-14-15-4-2-1-3-5-15)10-18(13-27)23(29)28-19-8-6-17(7-9-19)24(30)31/h1-12H,14H2,(H,28,29)(H,30,31)/b18-10+. The van der Waals surface area contributed by atoms with E-state index in [4.69, 9.17) is 9.84 Å². The summed E-state index contributed by atoms with van der Waals surface area (Å²) in [6.07, 6.45) is 1.51. The van der Waals surface area contributed by atoms with E-state index in [0.29, 0.717) is 17.9 Å². The molecule has 0 aromatic heterocycles. The van der Waals surface area contributed by atoms with Crippen LogP contribution in [-0.4, -0.2) is 17.0 Å². The van der Waals surface area contributed by atoms with Crippen LogP contribution < -0.4 is 10.1 Å². The van der Waals surface area contributed by atoms with Crippen LogP contribution in [0.4, 0.5) is 5.69 Å². The molecule has 0 aliphatic rings. The molecule has 0 saturated carbocycles. The van der Waals surface area contributed by atoms with E-state index in [1.165, 1.54) is 30.3 Å². The van der Waals surface area contributed by atoms with E-state index in [9.17, 15) is 14.9 Å². The number of carboxylic acids is 1. The zero-order valence-electron chi connectivity index (χ0n) is 16.5. The van der Waals surface area contributed by atoms with Gasteiger partial charge >= 0.3 is 5.97 Å². The lowest BCUT2D eigenvalue weighted by Gasteiger charge is -2.12. The van der Waals surface area contributed by atoms with Crippen LogP contribution in [0.1, 0.15) is 21.5 Å². The van der Waals surface area contributed by atoms with Crippen LogP contribution in [0.3, 0.4) is 0 Å². The third-order valence-electron chi connectivity index (χ3n) is 4.31. The first kappa shape index (κ1) is 23.7. The highest BCUT2D eigenvalue weighted by molar-refractivity contribution is 14.1. The highest BCUT2D eigenvalue weighted by Crippen LogP contribution is 2.30. The Morgan fingerprint density at radius 2 is 1.66 bits per heavy atom. The molecule has 3 rings (SSSR count). The lowest BCUT2D eigenvalue weighted by Crippen LogP contribution is -2.13. The van der Waals surface area contributed by atoms with Crippen LogP contribution in [0.15, 0.2) is 72.3 Å². The molecule has 0 aliphatic heterocycles. The number of hydrogen-bond acceptors (Lipinski definition) is 4. The van der Waals surface area contributed by atoms with Gasteiger partial charge in [0.25, 0.3) is 5.91 Å². The van der Waals surface area contributed by atoms with Crippen molar-refractivity contribution < 1.29 is 19.4 Å². The molecule has 0 unspecified atom stereocenters. The van der Waals surface area contributed by atoms with Gasteiger partial charge < -0.3 is 15.2 Å². The van der Waals surface area contributed by atoms with Crippen LogP contribution in [0.2, 0.25) is 0 Å². The van der Waals surface area contributed by atoms with Crippen molar-refractivity contribution in [2.45, 2.75) is 6.61 Å². The summed E-state index contributed by atoms with van der Waals surface area (Å²) in [7, 11) is 0. The van der Waals surface area contributed by atoms with E-state index < -0.39 is 11.9 Å². The number of nitrogens with zero attached hydrogens (tertiary/aromatic N) is 1. The highest BCUT2D eigenvalue weighted by atomic mass is 127. The zero-order chi connectivity index (χ0) is 23.1. The molecule has 0 radical (unpaired) electrons. The molecular weight excluding hydrogens is 634 g/mol. The predicted octanol–water partition coefficient (Wildman–Crippen LogP) is 5.72. The van der Waals surface area contributed by atoms with Crippen molar-refractivity contribution in [2.75, 3.05) is 5.32 Å². The minimum Gasteiger partial charge on any atom is -0.487 e. The summed E-state index contributed by atoms with van der Waals surface area (Å²) in [5.74, 6) is -0.889. The SMILES string of the molecule is N#C/C(=C\c1cc(I)c(OCc2ccccc2)c(I)c1)C(=O)Nc1ccc(C(=O)O)cc1. The number of carbonyl (C=O) groups is 2. The van der Waals surface area contributed by atoms with Gasteiger partial charge in [-0.05, 0) is 98.8 Å². The number of carbonyl (C=O) groups excluding carboxylic acids is 1. The second kappa shape index (κ2) is 11.1. The molecule has 0 aliphatic carbocycles. The van der Waals surface area contributed by atoms with Crippen LogP contribution in [0.5, 0.6) is 5.75 Å². The third-order valence-corrected chi connectivity index (χ3v) is 5.91. The van der Waals surface area contributed by atoms with Gasteiger partial charge in [0.2, 0.25) is 0 Å². The normalized spacial score (nSPS) is 10.8. The Morgan fingerprint density at radius 3 is 2.22 bits per heavy atom. The fraction of sp³-hybridized carbons (Fsp3) is 0.0417. The largest absolute Gasteiger partial charge is 0.487 e. The molecule has 160 valence electrons. The van der Waals surface area contributed by atoms with Gasteiger partial charge in [0.1, 0.15) is 24.0 Å². The first-order valence-corrected chi connectivity index (χ1v) is 11.5. The van der Waals surface area contributed by atoms with Crippen molar-refractivity contribution in [3.8, 4) is 11.8 Å². The number of nitriles is 1. The molecule has 32 heavy (non-hydrogen) atoms. The first-order valence-electron chi connectivity index (χ1n) is 9.29. The second-order valence-corrected chi connectivity index (χ2v) is 8.92. The summed E-state index contributed by atoms with van der Waals surface area (Å²) in [6.45, 7) is 0.439.